The van der Waals surface area contributed by atoms with Crippen LogP contribution in [0.3, 0.4) is 0 Å². The molecule has 0 atom stereocenters. The van der Waals surface area contributed by atoms with Gasteiger partial charge in [0, 0.05) is 32.0 Å². The van der Waals surface area contributed by atoms with Crippen molar-refractivity contribution in [3.8, 4) is 0 Å². The van der Waals surface area contributed by atoms with Gasteiger partial charge in [-0.15, -0.1) is 0 Å². The molecule has 0 unspecified atom stereocenters. The third-order valence-electron chi connectivity index (χ3n) is 3.10. The quantitative estimate of drug-likeness (QED) is 0.801. The summed E-state index contributed by atoms with van der Waals surface area (Å²) < 4.78 is 5.57. The molecule has 0 aliphatic heterocycles. The lowest BCUT2D eigenvalue weighted by atomic mass is 9.83. The lowest BCUT2D eigenvalue weighted by molar-refractivity contribution is 0.132. The number of hydrogen-bond donors (Lipinski definition) is 0. The van der Waals surface area contributed by atoms with E-state index in [0.717, 1.165) is 13.2 Å². The monoisotopic (exact) mass is 250 g/mol. The standard InChI is InChI=1S/C15H26N2O/c1-7-17(6)13-10-16-9-12(11-18-8-2)14(13)15(3,4)5/h9-10H,7-8,11H2,1-6H3. The largest absolute Gasteiger partial charge is 0.377 e. The van der Waals surface area contributed by atoms with Crippen molar-refractivity contribution in [2.45, 2.75) is 46.6 Å². The molecule has 0 aliphatic rings. The molecule has 0 saturated heterocycles. The van der Waals surface area contributed by atoms with Gasteiger partial charge in [0.2, 0.25) is 0 Å². The highest BCUT2D eigenvalue weighted by Gasteiger charge is 2.23. The number of hydrogen-bond acceptors (Lipinski definition) is 3. The van der Waals surface area contributed by atoms with Gasteiger partial charge in [-0.3, -0.25) is 4.98 Å². The Bertz CT molecular complexity index is 383. The van der Waals surface area contributed by atoms with Gasteiger partial charge in [-0.25, -0.2) is 0 Å². The summed E-state index contributed by atoms with van der Waals surface area (Å²) in [7, 11) is 2.11. The number of aromatic nitrogens is 1. The highest BCUT2D eigenvalue weighted by atomic mass is 16.5. The van der Waals surface area contributed by atoms with E-state index in [1.54, 1.807) is 0 Å². The lowest BCUT2D eigenvalue weighted by Gasteiger charge is -2.30. The molecule has 0 saturated carbocycles. The minimum absolute atomic E-state index is 0.0914. The van der Waals surface area contributed by atoms with E-state index < -0.39 is 0 Å². The van der Waals surface area contributed by atoms with Gasteiger partial charge in [-0.05, 0) is 24.8 Å². The molecule has 1 aromatic heterocycles. The molecule has 1 heterocycles. The Kier molecular flexibility index (Phi) is 5.15. The first-order valence-electron chi connectivity index (χ1n) is 6.68. The van der Waals surface area contributed by atoms with E-state index in [1.807, 2.05) is 19.3 Å². The minimum atomic E-state index is 0.0914. The summed E-state index contributed by atoms with van der Waals surface area (Å²) in [6, 6.07) is 0. The van der Waals surface area contributed by atoms with Gasteiger partial charge >= 0.3 is 0 Å². The zero-order chi connectivity index (χ0) is 13.8. The molecular weight excluding hydrogens is 224 g/mol. The molecule has 0 bridgehead atoms. The molecule has 18 heavy (non-hydrogen) atoms. The molecule has 3 heteroatoms. The zero-order valence-corrected chi connectivity index (χ0v) is 12.6. The predicted octanol–water partition coefficient (Wildman–Crippen LogP) is 3.37. The molecule has 0 amide bonds. The number of anilines is 1. The van der Waals surface area contributed by atoms with Crippen LogP contribution in [0.25, 0.3) is 0 Å². The molecule has 1 aromatic rings. The normalized spacial score (nSPS) is 11.7. The molecule has 0 N–H and O–H groups in total. The number of nitrogens with zero attached hydrogens (tertiary/aromatic N) is 2. The van der Waals surface area contributed by atoms with Gasteiger partial charge in [-0.2, -0.15) is 0 Å². The number of rotatable bonds is 5. The van der Waals surface area contributed by atoms with Gasteiger partial charge in [0.25, 0.3) is 0 Å². The molecular formula is C15H26N2O. The summed E-state index contributed by atoms with van der Waals surface area (Å²) in [5.41, 5.74) is 3.84. The van der Waals surface area contributed by atoms with Crippen LogP contribution in [0, 0.1) is 0 Å². The maximum Gasteiger partial charge on any atom is 0.0735 e. The SMILES string of the molecule is CCOCc1cncc(N(C)CC)c1C(C)(C)C. The van der Waals surface area contributed by atoms with E-state index in [0.29, 0.717) is 6.61 Å². The van der Waals surface area contributed by atoms with Crippen LogP contribution in [0.1, 0.15) is 45.7 Å². The Morgan fingerprint density at radius 2 is 1.89 bits per heavy atom. The Morgan fingerprint density at radius 1 is 1.22 bits per heavy atom. The molecule has 0 spiro atoms. The van der Waals surface area contributed by atoms with Gasteiger partial charge in [0.15, 0.2) is 0 Å². The fourth-order valence-electron chi connectivity index (χ4n) is 2.14. The molecule has 3 nitrogen and oxygen atoms in total. The third kappa shape index (κ3) is 3.45. The average Bonchev–Trinajstić information content (AvgIpc) is 2.33. The zero-order valence-electron chi connectivity index (χ0n) is 12.6. The lowest BCUT2D eigenvalue weighted by Crippen LogP contribution is -2.24. The summed E-state index contributed by atoms with van der Waals surface area (Å²) in [4.78, 5) is 6.60. The van der Waals surface area contributed by atoms with E-state index in [4.69, 9.17) is 4.74 Å². The van der Waals surface area contributed by atoms with Crippen molar-refractivity contribution in [3.63, 3.8) is 0 Å². The topological polar surface area (TPSA) is 25.4 Å². The van der Waals surface area contributed by atoms with Gasteiger partial charge in [0.05, 0.1) is 18.5 Å². The summed E-state index contributed by atoms with van der Waals surface area (Å²) >= 11 is 0. The predicted molar refractivity (Wildman–Crippen MR) is 77.2 cm³/mol. The maximum absolute atomic E-state index is 5.57. The average molecular weight is 250 g/mol. The Hall–Kier alpha value is -1.09. The van der Waals surface area contributed by atoms with Crippen LogP contribution in [-0.2, 0) is 16.8 Å². The smallest absolute Gasteiger partial charge is 0.0735 e. The number of pyridine rings is 1. The van der Waals surface area contributed by atoms with Crippen molar-refractivity contribution in [2.75, 3.05) is 25.1 Å². The van der Waals surface area contributed by atoms with Crippen LogP contribution >= 0.6 is 0 Å². The van der Waals surface area contributed by atoms with Crippen molar-refractivity contribution in [2.24, 2.45) is 0 Å². The highest BCUT2D eigenvalue weighted by molar-refractivity contribution is 5.57. The molecule has 0 radical (unpaired) electrons. The fraction of sp³-hybridized carbons (Fsp3) is 0.667. The molecule has 1 rings (SSSR count). The Morgan fingerprint density at radius 3 is 2.39 bits per heavy atom. The van der Waals surface area contributed by atoms with Crippen LogP contribution in [0.5, 0.6) is 0 Å². The van der Waals surface area contributed by atoms with E-state index in [-0.39, 0.29) is 5.41 Å². The summed E-state index contributed by atoms with van der Waals surface area (Å²) in [6.45, 7) is 13.2. The van der Waals surface area contributed by atoms with Gasteiger partial charge in [-0.1, -0.05) is 20.8 Å². The minimum Gasteiger partial charge on any atom is -0.377 e. The van der Waals surface area contributed by atoms with Crippen molar-refractivity contribution >= 4 is 5.69 Å². The third-order valence-corrected chi connectivity index (χ3v) is 3.10. The van der Waals surface area contributed by atoms with Crippen LogP contribution in [-0.4, -0.2) is 25.2 Å². The summed E-state index contributed by atoms with van der Waals surface area (Å²) in [6.07, 6.45) is 3.89. The highest BCUT2D eigenvalue weighted by Crippen LogP contribution is 2.34. The first kappa shape index (κ1) is 15.0. The molecule has 0 fully saturated rings. The Balaban J connectivity index is 3.26. The first-order chi connectivity index (χ1) is 8.41. The van der Waals surface area contributed by atoms with Crippen LogP contribution in [0.4, 0.5) is 5.69 Å². The second-order valence-electron chi connectivity index (χ2n) is 5.59. The van der Waals surface area contributed by atoms with Crippen LogP contribution < -0.4 is 4.90 Å². The van der Waals surface area contributed by atoms with Gasteiger partial charge < -0.3 is 9.64 Å². The van der Waals surface area contributed by atoms with E-state index in [9.17, 15) is 0 Å². The molecule has 102 valence electrons. The fourth-order valence-corrected chi connectivity index (χ4v) is 2.14. The van der Waals surface area contributed by atoms with Gasteiger partial charge in [0.1, 0.15) is 0 Å². The summed E-state index contributed by atoms with van der Waals surface area (Å²) in [5, 5.41) is 0. The van der Waals surface area contributed by atoms with E-state index >= 15 is 0 Å². The van der Waals surface area contributed by atoms with E-state index in [1.165, 1.54) is 16.8 Å². The van der Waals surface area contributed by atoms with Crippen molar-refractivity contribution < 1.29 is 4.74 Å². The Labute approximate surface area is 111 Å². The second kappa shape index (κ2) is 6.19. The van der Waals surface area contributed by atoms with Crippen LogP contribution in [0.2, 0.25) is 0 Å². The molecule has 0 aliphatic carbocycles. The van der Waals surface area contributed by atoms with Crippen molar-refractivity contribution in [1.29, 1.82) is 0 Å². The van der Waals surface area contributed by atoms with Crippen LogP contribution in [0.15, 0.2) is 12.4 Å². The van der Waals surface area contributed by atoms with Crippen molar-refractivity contribution in [1.82, 2.24) is 4.98 Å². The second-order valence-corrected chi connectivity index (χ2v) is 5.59. The van der Waals surface area contributed by atoms with Crippen molar-refractivity contribution in [3.05, 3.63) is 23.5 Å². The maximum atomic E-state index is 5.57. The number of ether oxygens (including phenoxy) is 1. The summed E-state index contributed by atoms with van der Waals surface area (Å²) in [5.74, 6) is 0. The van der Waals surface area contributed by atoms with E-state index in [2.05, 4.69) is 44.6 Å². The first-order valence-corrected chi connectivity index (χ1v) is 6.68. The molecule has 0 aromatic carbocycles.